The molecule has 0 aliphatic rings. The number of hydrogen-bond donors (Lipinski definition) is 5. The molecule has 11 heteroatoms. The summed E-state index contributed by atoms with van der Waals surface area (Å²) in [5.41, 5.74) is 2.21. The number of amides is 3. The molecule has 3 amide bonds. The van der Waals surface area contributed by atoms with Gasteiger partial charge >= 0.3 is 6.09 Å². The molecule has 4 atom stereocenters. The summed E-state index contributed by atoms with van der Waals surface area (Å²) in [5, 5.41) is 21.2. The number of H-pyrrole nitrogens is 1. The highest BCUT2D eigenvalue weighted by Crippen LogP contribution is 2.20. The number of aliphatic hydroxyl groups is 1. The number of fused-ring (bicyclic) bond motifs is 1. The molecule has 0 aliphatic carbocycles. The fraction of sp³-hybridized carbons (Fsp3) is 0.378. The van der Waals surface area contributed by atoms with Gasteiger partial charge in [0.15, 0.2) is 0 Å². The smallest absolute Gasteiger partial charge is 0.408 e. The van der Waals surface area contributed by atoms with Crippen LogP contribution in [0, 0.1) is 5.92 Å². The first-order valence-electron chi connectivity index (χ1n) is 16.3. The van der Waals surface area contributed by atoms with E-state index in [9.17, 15) is 24.3 Å². The number of nitrogens with zero attached hydrogens (tertiary/aromatic N) is 1. The molecule has 1 aromatic heterocycles. The molecule has 0 fully saturated rings. The van der Waals surface area contributed by atoms with Gasteiger partial charge in [0.1, 0.15) is 24.5 Å². The normalized spacial score (nSPS) is 13.7. The number of aromatic nitrogens is 2. The molecule has 0 radical (unpaired) electrons. The van der Waals surface area contributed by atoms with Crippen LogP contribution in [0.25, 0.3) is 10.8 Å². The van der Waals surface area contributed by atoms with Crippen LogP contribution >= 0.6 is 0 Å². The molecule has 0 spiro atoms. The van der Waals surface area contributed by atoms with E-state index in [1.165, 1.54) is 6.33 Å². The van der Waals surface area contributed by atoms with Crippen molar-refractivity contribution >= 4 is 34.5 Å². The highest BCUT2D eigenvalue weighted by atomic mass is 16.5. The van der Waals surface area contributed by atoms with Crippen LogP contribution in [-0.2, 0) is 38.6 Å². The average Bonchev–Trinajstić information content (AvgIpc) is 3.60. The summed E-state index contributed by atoms with van der Waals surface area (Å²) in [4.78, 5) is 60.0. The lowest BCUT2D eigenvalue weighted by Crippen LogP contribution is -2.57. The second-order valence-corrected chi connectivity index (χ2v) is 12.4. The topological polar surface area (TPSA) is 163 Å². The van der Waals surface area contributed by atoms with Crippen molar-refractivity contribution in [2.45, 2.75) is 83.7 Å². The van der Waals surface area contributed by atoms with Crippen LogP contribution in [0.3, 0.4) is 0 Å². The molecule has 4 aromatic rings. The van der Waals surface area contributed by atoms with Crippen molar-refractivity contribution in [3.63, 3.8) is 0 Å². The minimum absolute atomic E-state index is 0.0141. The van der Waals surface area contributed by atoms with Crippen molar-refractivity contribution in [3.05, 3.63) is 102 Å². The van der Waals surface area contributed by atoms with Gasteiger partial charge in [0.05, 0.1) is 18.5 Å². The third kappa shape index (κ3) is 10.8. The first kappa shape index (κ1) is 35.8. The van der Waals surface area contributed by atoms with Gasteiger partial charge in [0.25, 0.3) is 0 Å². The lowest BCUT2D eigenvalue weighted by molar-refractivity contribution is -0.131. The van der Waals surface area contributed by atoms with Crippen LogP contribution in [0.1, 0.15) is 56.9 Å². The zero-order valence-corrected chi connectivity index (χ0v) is 27.6. The third-order valence-electron chi connectivity index (χ3n) is 8.09. The molecule has 4 rings (SSSR count). The maximum absolute atomic E-state index is 14.0. The van der Waals surface area contributed by atoms with Crippen molar-refractivity contribution in [1.82, 2.24) is 25.9 Å². The lowest BCUT2D eigenvalue weighted by atomic mass is 9.95. The van der Waals surface area contributed by atoms with Crippen LogP contribution in [0.4, 0.5) is 4.79 Å². The number of benzene rings is 3. The minimum Gasteiger partial charge on any atom is -0.445 e. The Labute approximate surface area is 280 Å². The van der Waals surface area contributed by atoms with Gasteiger partial charge in [-0.2, -0.15) is 0 Å². The molecule has 0 saturated heterocycles. The molecule has 5 N–H and O–H groups in total. The van der Waals surface area contributed by atoms with Crippen LogP contribution in [0.5, 0.6) is 0 Å². The molecule has 48 heavy (non-hydrogen) atoms. The Bertz CT molecular complexity index is 1640. The summed E-state index contributed by atoms with van der Waals surface area (Å²) < 4.78 is 5.45. The van der Waals surface area contributed by atoms with E-state index >= 15 is 0 Å². The van der Waals surface area contributed by atoms with E-state index in [1.54, 1.807) is 13.1 Å². The molecular weight excluding hydrogens is 610 g/mol. The summed E-state index contributed by atoms with van der Waals surface area (Å²) in [6.45, 7) is 5.65. The van der Waals surface area contributed by atoms with E-state index in [0.717, 1.165) is 21.9 Å². The molecular formula is C37H45N5O6. The summed E-state index contributed by atoms with van der Waals surface area (Å²) in [6.07, 6.45) is 1.95. The van der Waals surface area contributed by atoms with Gasteiger partial charge in [0.2, 0.25) is 11.8 Å². The second-order valence-electron chi connectivity index (χ2n) is 12.4. The van der Waals surface area contributed by atoms with E-state index in [4.69, 9.17) is 4.74 Å². The monoisotopic (exact) mass is 655 g/mol. The van der Waals surface area contributed by atoms with Crippen LogP contribution in [-0.4, -0.2) is 63.0 Å². The van der Waals surface area contributed by atoms with Crippen LogP contribution in [0.15, 0.2) is 85.3 Å². The van der Waals surface area contributed by atoms with Crippen molar-refractivity contribution in [2.75, 3.05) is 0 Å². The second kappa shape index (κ2) is 17.8. The zero-order chi connectivity index (χ0) is 34.5. The predicted octanol–water partition coefficient (Wildman–Crippen LogP) is 4.39. The number of nitrogens with one attached hydrogen (secondary N) is 4. The number of carbonyl (C=O) groups is 4. The number of aliphatic hydroxyl groups excluding tert-OH is 1. The van der Waals surface area contributed by atoms with Crippen molar-refractivity contribution in [1.29, 1.82) is 0 Å². The number of ketones is 1. The predicted molar refractivity (Wildman–Crippen MR) is 183 cm³/mol. The van der Waals surface area contributed by atoms with Crippen molar-refractivity contribution in [2.24, 2.45) is 5.92 Å². The summed E-state index contributed by atoms with van der Waals surface area (Å²) >= 11 is 0. The Balaban J connectivity index is 1.57. The Morgan fingerprint density at radius 1 is 0.854 bits per heavy atom. The van der Waals surface area contributed by atoms with Gasteiger partial charge in [-0.3, -0.25) is 14.4 Å². The first-order valence-corrected chi connectivity index (χ1v) is 16.3. The van der Waals surface area contributed by atoms with Crippen LogP contribution < -0.4 is 16.0 Å². The van der Waals surface area contributed by atoms with E-state index < -0.39 is 42.1 Å². The third-order valence-corrected chi connectivity index (χ3v) is 8.09. The largest absolute Gasteiger partial charge is 0.445 e. The Morgan fingerprint density at radius 2 is 1.54 bits per heavy atom. The standard InChI is InChI=1S/C37H45N5O6/c1-4-29(43)20-34(44)31(17-24(2)3)40-36(46)33(19-28-21-38-23-39-28)41-35(45)32(42-37(47)48-22-25-11-6-5-7-12-25)18-27-15-10-14-26-13-8-9-16-30(26)27/h5-16,21,23-24,31-34,44H,4,17-20,22H2,1-3H3,(H,38,39)(H,40,46)(H,41,45)(H,42,47)/t31-,32-,33+,34-/m0/s1. The molecule has 0 aliphatic heterocycles. The Morgan fingerprint density at radius 3 is 2.25 bits per heavy atom. The van der Waals surface area contributed by atoms with Crippen molar-refractivity contribution < 1.29 is 29.0 Å². The fourth-order valence-electron chi connectivity index (χ4n) is 5.53. The number of rotatable bonds is 17. The highest BCUT2D eigenvalue weighted by molar-refractivity contribution is 5.93. The zero-order valence-electron chi connectivity index (χ0n) is 27.6. The molecule has 3 aromatic carbocycles. The van der Waals surface area contributed by atoms with E-state index in [0.29, 0.717) is 12.1 Å². The highest BCUT2D eigenvalue weighted by Gasteiger charge is 2.31. The number of aromatic amines is 1. The SMILES string of the molecule is CCC(=O)C[C@H](O)[C@H](CC(C)C)NC(=O)[C@@H](Cc1cnc[nH]1)NC(=O)[C@H](Cc1cccc2ccccc12)NC(=O)OCc1ccccc1. The van der Waals surface area contributed by atoms with Gasteiger partial charge in [-0.15, -0.1) is 0 Å². The number of imidazole rings is 1. The quantitative estimate of drug-likeness (QED) is 0.113. The maximum atomic E-state index is 14.0. The summed E-state index contributed by atoms with van der Waals surface area (Å²) in [5.74, 6) is -1.14. The van der Waals surface area contributed by atoms with E-state index in [1.807, 2.05) is 86.6 Å². The van der Waals surface area contributed by atoms with E-state index in [2.05, 4.69) is 25.9 Å². The maximum Gasteiger partial charge on any atom is 0.408 e. The van der Waals surface area contributed by atoms with Gasteiger partial charge in [-0.1, -0.05) is 93.6 Å². The Kier molecular flexibility index (Phi) is 13.3. The minimum atomic E-state index is -1.10. The molecule has 0 unspecified atom stereocenters. The Hall–Kier alpha value is -5.03. The van der Waals surface area contributed by atoms with Gasteiger partial charge in [0, 0.05) is 37.6 Å². The van der Waals surface area contributed by atoms with E-state index in [-0.39, 0.29) is 44.0 Å². The van der Waals surface area contributed by atoms with Gasteiger partial charge in [-0.25, -0.2) is 9.78 Å². The first-order chi connectivity index (χ1) is 23.1. The fourth-order valence-corrected chi connectivity index (χ4v) is 5.53. The molecule has 254 valence electrons. The van der Waals surface area contributed by atoms with Crippen LogP contribution in [0.2, 0.25) is 0 Å². The average molecular weight is 656 g/mol. The van der Waals surface area contributed by atoms with Gasteiger partial charge < -0.3 is 30.8 Å². The molecule has 11 nitrogen and oxygen atoms in total. The number of carbonyl (C=O) groups excluding carboxylic acids is 4. The molecule has 0 saturated carbocycles. The molecule has 1 heterocycles. The number of alkyl carbamates (subject to hydrolysis) is 1. The number of ether oxygens (including phenoxy) is 1. The van der Waals surface area contributed by atoms with Gasteiger partial charge in [-0.05, 0) is 34.2 Å². The number of Topliss-reactive ketones (excluding diaryl/α,β-unsaturated/α-hetero) is 1. The number of hydrogen-bond acceptors (Lipinski definition) is 7. The lowest BCUT2D eigenvalue weighted by Gasteiger charge is -2.28. The summed E-state index contributed by atoms with van der Waals surface area (Å²) in [7, 11) is 0. The van der Waals surface area contributed by atoms with Crippen molar-refractivity contribution in [3.8, 4) is 0 Å². The summed E-state index contributed by atoms with van der Waals surface area (Å²) in [6, 6.07) is 19.8. The molecule has 0 bridgehead atoms.